The molecular formula is C15H16ClNO2. The highest BCUT2D eigenvalue weighted by molar-refractivity contribution is 6.33. The minimum Gasteiger partial charge on any atom is -0.497 e. The van der Waals surface area contributed by atoms with Crippen molar-refractivity contribution >= 4 is 17.3 Å². The predicted octanol–water partition coefficient (Wildman–Crippen LogP) is 3.97. The molecule has 100 valence electrons. The molecule has 3 nitrogen and oxygen atoms in total. The summed E-state index contributed by atoms with van der Waals surface area (Å²) in [6, 6.07) is 13.4. The zero-order valence-electron chi connectivity index (χ0n) is 10.9. The van der Waals surface area contributed by atoms with Gasteiger partial charge in [-0.15, -0.1) is 0 Å². The number of hydrogen-bond acceptors (Lipinski definition) is 3. The highest BCUT2D eigenvalue weighted by Crippen LogP contribution is 2.28. The Hall–Kier alpha value is -1.87. The summed E-state index contributed by atoms with van der Waals surface area (Å²) in [5.74, 6) is 1.63. The van der Waals surface area contributed by atoms with Crippen molar-refractivity contribution < 1.29 is 9.47 Å². The molecular weight excluding hydrogens is 262 g/mol. The quantitative estimate of drug-likeness (QED) is 0.897. The van der Waals surface area contributed by atoms with Gasteiger partial charge in [0.2, 0.25) is 0 Å². The summed E-state index contributed by atoms with van der Waals surface area (Å²) in [5, 5.41) is 3.95. The summed E-state index contributed by atoms with van der Waals surface area (Å²) in [6.07, 6.45) is 0. The van der Waals surface area contributed by atoms with Crippen molar-refractivity contribution in [2.24, 2.45) is 0 Å². The molecule has 0 aliphatic heterocycles. The molecule has 1 N–H and O–H groups in total. The third-order valence-electron chi connectivity index (χ3n) is 2.84. The molecule has 0 amide bonds. The average molecular weight is 278 g/mol. The highest BCUT2D eigenvalue weighted by atomic mass is 35.5. The lowest BCUT2D eigenvalue weighted by molar-refractivity contribution is 0.410. The Kier molecular flexibility index (Phi) is 4.53. The Balaban J connectivity index is 2.14. The van der Waals surface area contributed by atoms with Gasteiger partial charge in [0, 0.05) is 18.2 Å². The molecule has 2 aromatic carbocycles. The largest absolute Gasteiger partial charge is 0.497 e. The van der Waals surface area contributed by atoms with Gasteiger partial charge in [0.05, 0.1) is 24.9 Å². The van der Waals surface area contributed by atoms with Gasteiger partial charge in [-0.2, -0.15) is 0 Å². The second-order valence-corrected chi connectivity index (χ2v) is 4.42. The lowest BCUT2D eigenvalue weighted by Gasteiger charge is -2.12. The van der Waals surface area contributed by atoms with Crippen LogP contribution in [-0.4, -0.2) is 14.2 Å². The topological polar surface area (TPSA) is 30.5 Å². The molecule has 0 spiro atoms. The fourth-order valence-electron chi connectivity index (χ4n) is 1.81. The fraction of sp³-hybridized carbons (Fsp3) is 0.200. The molecule has 0 saturated carbocycles. The number of para-hydroxylation sites is 1. The smallest absolute Gasteiger partial charge is 0.123 e. The second-order valence-electron chi connectivity index (χ2n) is 4.01. The molecule has 0 fully saturated rings. The molecule has 0 unspecified atom stereocenters. The molecule has 0 aromatic heterocycles. The van der Waals surface area contributed by atoms with E-state index >= 15 is 0 Å². The molecule has 19 heavy (non-hydrogen) atoms. The van der Waals surface area contributed by atoms with Crippen LogP contribution in [0.1, 0.15) is 5.56 Å². The molecule has 0 radical (unpaired) electrons. The van der Waals surface area contributed by atoms with Crippen LogP contribution in [0.25, 0.3) is 0 Å². The van der Waals surface area contributed by atoms with Crippen molar-refractivity contribution in [3.63, 3.8) is 0 Å². The van der Waals surface area contributed by atoms with Crippen LogP contribution < -0.4 is 14.8 Å². The maximum atomic E-state index is 6.14. The van der Waals surface area contributed by atoms with E-state index in [9.17, 15) is 0 Å². The molecule has 0 saturated heterocycles. The van der Waals surface area contributed by atoms with Crippen molar-refractivity contribution in [3.05, 3.63) is 53.1 Å². The van der Waals surface area contributed by atoms with E-state index in [0.29, 0.717) is 11.6 Å². The van der Waals surface area contributed by atoms with Crippen LogP contribution in [0.3, 0.4) is 0 Å². The Labute approximate surface area is 118 Å². The summed E-state index contributed by atoms with van der Waals surface area (Å²) < 4.78 is 10.5. The summed E-state index contributed by atoms with van der Waals surface area (Å²) in [4.78, 5) is 0. The van der Waals surface area contributed by atoms with Gasteiger partial charge in [-0.25, -0.2) is 0 Å². The first kappa shape index (κ1) is 13.6. The van der Waals surface area contributed by atoms with Crippen molar-refractivity contribution in [3.8, 4) is 11.5 Å². The van der Waals surface area contributed by atoms with E-state index in [1.165, 1.54) is 0 Å². The van der Waals surface area contributed by atoms with E-state index in [1.807, 2.05) is 42.5 Å². The Bertz CT molecular complexity index is 558. The normalized spacial score (nSPS) is 10.1. The first-order valence-electron chi connectivity index (χ1n) is 5.94. The number of rotatable bonds is 5. The standard InChI is InChI=1S/C15H16ClNO2/c1-18-12-7-8-13(16)14(9-12)17-10-11-5-3-4-6-15(11)19-2/h3-9,17H,10H2,1-2H3. The molecule has 0 bridgehead atoms. The van der Waals surface area contributed by atoms with Crippen LogP contribution in [0, 0.1) is 0 Å². The number of nitrogens with one attached hydrogen (secondary N) is 1. The van der Waals surface area contributed by atoms with Crippen LogP contribution in [0.2, 0.25) is 5.02 Å². The number of anilines is 1. The summed E-state index contributed by atoms with van der Waals surface area (Å²) in [5.41, 5.74) is 1.91. The number of hydrogen-bond donors (Lipinski definition) is 1. The maximum absolute atomic E-state index is 6.14. The van der Waals surface area contributed by atoms with Gasteiger partial charge >= 0.3 is 0 Å². The second kappa shape index (κ2) is 6.34. The monoisotopic (exact) mass is 277 g/mol. The van der Waals surface area contributed by atoms with E-state index < -0.39 is 0 Å². The average Bonchev–Trinajstić information content (AvgIpc) is 2.46. The predicted molar refractivity (Wildman–Crippen MR) is 78.3 cm³/mol. The number of halogens is 1. The maximum Gasteiger partial charge on any atom is 0.123 e. The number of methoxy groups -OCH3 is 2. The SMILES string of the molecule is COc1ccc(Cl)c(NCc2ccccc2OC)c1. The van der Waals surface area contributed by atoms with E-state index in [2.05, 4.69) is 5.32 Å². The van der Waals surface area contributed by atoms with Gasteiger partial charge in [-0.05, 0) is 18.2 Å². The molecule has 0 aliphatic rings. The number of ether oxygens (including phenoxy) is 2. The first-order chi connectivity index (χ1) is 9.24. The molecule has 2 aromatic rings. The number of benzene rings is 2. The third-order valence-corrected chi connectivity index (χ3v) is 3.16. The van der Waals surface area contributed by atoms with Gasteiger partial charge in [0.1, 0.15) is 11.5 Å². The van der Waals surface area contributed by atoms with Gasteiger partial charge in [0.15, 0.2) is 0 Å². The minimum absolute atomic E-state index is 0.636. The van der Waals surface area contributed by atoms with Crippen LogP contribution in [0.4, 0.5) is 5.69 Å². The van der Waals surface area contributed by atoms with Crippen LogP contribution in [0.15, 0.2) is 42.5 Å². The van der Waals surface area contributed by atoms with E-state index in [-0.39, 0.29) is 0 Å². The van der Waals surface area contributed by atoms with Crippen molar-refractivity contribution in [2.45, 2.75) is 6.54 Å². The molecule has 4 heteroatoms. The van der Waals surface area contributed by atoms with Crippen molar-refractivity contribution in [1.29, 1.82) is 0 Å². The van der Waals surface area contributed by atoms with E-state index in [1.54, 1.807) is 14.2 Å². The Morgan fingerprint density at radius 2 is 1.84 bits per heavy atom. The van der Waals surface area contributed by atoms with Crippen LogP contribution in [-0.2, 0) is 6.54 Å². The fourth-order valence-corrected chi connectivity index (χ4v) is 1.99. The van der Waals surface area contributed by atoms with E-state index in [0.717, 1.165) is 22.7 Å². The molecule has 0 atom stereocenters. The Morgan fingerprint density at radius 3 is 2.58 bits per heavy atom. The Morgan fingerprint density at radius 1 is 1.05 bits per heavy atom. The van der Waals surface area contributed by atoms with Crippen molar-refractivity contribution in [1.82, 2.24) is 0 Å². The molecule has 0 aliphatic carbocycles. The molecule has 0 heterocycles. The summed E-state index contributed by atoms with van der Waals surface area (Å²) >= 11 is 6.14. The van der Waals surface area contributed by atoms with Crippen LogP contribution >= 0.6 is 11.6 Å². The zero-order chi connectivity index (χ0) is 13.7. The third kappa shape index (κ3) is 3.32. The lowest BCUT2D eigenvalue weighted by Crippen LogP contribution is -2.02. The first-order valence-corrected chi connectivity index (χ1v) is 6.31. The summed E-state index contributed by atoms with van der Waals surface area (Å²) in [6.45, 7) is 0.636. The van der Waals surface area contributed by atoms with Gasteiger partial charge < -0.3 is 14.8 Å². The highest BCUT2D eigenvalue weighted by Gasteiger charge is 2.05. The van der Waals surface area contributed by atoms with Gasteiger partial charge in [-0.1, -0.05) is 29.8 Å². The molecule has 2 rings (SSSR count). The zero-order valence-corrected chi connectivity index (χ0v) is 11.7. The van der Waals surface area contributed by atoms with E-state index in [4.69, 9.17) is 21.1 Å². The minimum atomic E-state index is 0.636. The van der Waals surface area contributed by atoms with Crippen molar-refractivity contribution in [2.75, 3.05) is 19.5 Å². The lowest BCUT2D eigenvalue weighted by atomic mass is 10.2. The summed E-state index contributed by atoms with van der Waals surface area (Å²) in [7, 11) is 3.30. The van der Waals surface area contributed by atoms with Gasteiger partial charge in [0.25, 0.3) is 0 Å². The van der Waals surface area contributed by atoms with Crippen LogP contribution in [0.5, 0.6) is 11.5 Å². The van der Waals surface area contributed by atoms with Gasteiger partial charge in [-0.3, -0.25) is 0 Å².